The van der Waals surface area contributed by atoms with E-state index >= 15 is 0 Å². The van der Waals surface area contributed by atoms with E-state index in [1.54, 1.807) is 6.07 Å². The van der Waals surface area contributed by atoms with Gasteiger partial charge < -0.3 is 10.2 Å². The lowest BCUT2D eigenvalue weighted by molar-refractivity contribution is 0.431. The molecule has 0 saturated heterocycles. The Morgan fingerprint density at radius 2 is 1.34 bits per heavy atom. The number of halogens is 4. The van der Waals surface area contributed by atoms with Crippen LogP contribution in [0.3, 0.4) is 0 Å². The summed E-state index contributed by atoms with van der Waals surface area (Å²) >= 11 is 24.4. The lowest BCUT2D eigenvalue weighted by Gasteiger charge is -2.34. The predicted octanol–water partition coefficient (Wildman–Crippen LogP) is 5.89. The van der Waals surface area contributed by atoms with Crippen LogP contribution in [0, 0.1) is 0 Å². The topological polar surface area (TPSA) is 94.8 Å². The van der Waals surface area contributed by atoms with Crippen LogP contribution in [-0.2, 0) is 14.9 Å². The first-order valence-electron chi connectivity index (χ1n) is 7.89. The van der Waals surface area contributed by atoms with Crippen LogP contribution in [0.4, 0.5) is 0 Å². The number of hydrogen-bond acceptors (Lipinski definition) is 4. The second-order valence-electron chi connectivity index (χ2n) is 6.09. The van der Waals surface area contributed by atoms with E-state index in [-0.39, 0.29) is 36.8 Å². The molecule has 0 bridgehead atoms. The Morgan fingerprint density at radius 3 is 1.93 bits per heavy atom. The molecule has 1 atom stereocenters. The minimum atomic E-state index is -5.08. The van der Waals surface area contributed by atoms with E-state index < -0.39 is 26.4 Å². The van der Waals surface area contributed by atoms with E-state index in [0.29, 0.717) is 0 Å². The molecule has 0 saturated carbocycles. The average molecular weight is 494 g/mol. The number of rotatable bonds is 4. The maximum absolute atomic E-state index is 13.0. The summed E-state index contributed by atoms with van der Waals surface area (Å²) in [7, 11) is -5.08. The number of phenols is 2. The fourth-order valence-corrected chi connectivity index (χ4v) is 5.29. The Bertz CT molecular complexity index is 1210. The van der Waals surface area contributed by atoms with Gasteiger partial charge in [0.25, 0.3) is 10.1 Å². The number of phenolic OH excluding ortho intramolecular Hbond substituents is 2. The Kier molecular flexibility index (Phi) is 5.98. The molecular weight excluding hydrogens is 482 g/mol. The zero-order valence-corrected chi connectivity index (χ0v) is 18.1. The van der Waals surface area contributed by atoms with E-state index in [4.69, 9.17) is 46.4 Å². The van der Waals surface area contributed by atoms with Gasteiger partial charge in [-0.15, -0.1) is 0 Å². The summed E-state index contributed by atoms with van der Waals surface area (Å²) in [4.78, 5) is 0. The average Bonchev–Trinajstić information content (AvgIpc) is 2.63. The molecule has 0 radical (unpaired) electrons. The molecule has 1 unspecified atom stereocenters. The Hall–Kier alpha value is -1.67. The van der Waals surface area contributed by atoms with Crippen molar-refractivity contribution in [2.24, 2.45) is 0 Å². The van der Waals surface area contributed by atoms with Crippen LogP contribution >= 0.6 is 46.4 Å². The van der Waals surface area contributed by atoms with Gasteiger partial charge >= 0.3 is 0 Å². The minimum absolute atomic E-state index is 0.00797. The molecule has 0 spiro atoms. The molecule has 3 aromatic rings. The van der Waals surface area contributed by atoms with Crippen molar-refractivity contribution in [1.29, 1.82) is 0 Å². The third kappa shape index (κ3) is 3.65. The highest BCUT2D eigenvalue weighted by Crippen LogP contribution is 2.51. The lowest BCUT2D eigenvalue weighted by atomic mass is 9.83. The molecule has 3 rings (SSSR count). The summed E-state index contributed by atoms with van der Waals surface area (Å²) in [5.41, 5.74) is -0.464. The second kappa shape index (κ2) is 7.87. The van der Waals surface area contributed by atoms with Crippen molar-refractivity contribution in [3.8, 4) is 11.5 Å². The molecule has 5 nitrogen and oxygen atoms in total. The molecule has 29 heavy (non-hydrogen) atoms. The summed E-state index contributed by atoms with van der Waals surface area (Å²) in [5, 5.41) is 20.2. The van der Waals surface area contributed by atoms with Crippen LogP contribution in [0.25, 0.3) is 0 Å². The number of benzene rings is 3. The van der Waals surface area contributed by atoms with Crippen molar-refractivity contribution in [2.75, 3.05) is 0 Å². The van der Waals surface area contributed by atoms with Crippen LogP contribution in [0.15, 0.2) is 54.6 Å². The van der Waals surface area contributed by atoms with Crippen molar-refractivity contribution in [2.45, 2.75) is 4.75 Å². The fourth-order valence-electron chi connectivity index (χ4n) is 3.18. The van der Waals surface area contributed by atoms with Crippen molar-refractivity contribution in [3.63, 3.8) is 0 Å². The van der Waals surface area contributed by atoms with Gasteiger partial charge in [-0.05, 0) is 29.8 Å². The van der Waals surface area contributed by atoms with Gasteiger partial charge in [0.1, 0.15) is 11.5 Å². The molecule has 152 valence electrons. The molecule has 3 N–H and O–H groups in total. The molecule has 10 heteroatoms. The highest BCUT2D eigenvalue weighted by Gasteiger charge is 2.51. The van der Waals surface area contributed by atoms with E-state index in [0.717, 1.165) is 12.1 Å². The lowest BCUT2D eigenvalue weighted by Crippen LogP contribution is -2.38. The molecule has 0 aliphatic carbocycles. The summed E-state index contributed by atoms with van der Waals surface area (Å²) < 4.78 is 34.0. The van der Waals surface area contributed by atoms with Crippen LogP contribution in [0.1, 0.15) is 16.7 Å². The molecule has 3 aromatic carbocycles. The summed E-state index contributed by atoms with van der Waals surface area (Å²) in [6, 6.07) is 11.7. The SMILES string of the molecule is O=S(=O)(O)C(c1ccc(Cl)c(Cl)c1)(c1cc(Cl)c(O)cc1O)c1ccccc1Cl. The van der Waals surface area contributed by atoms with Gasteiger partial charge in [-0.25, -0.2) is 0 Å². The zero-order valence-electron chi connectivity index (χ0n) is 14.3. The van der Waals surface area contributed by atoms with Gasteiger partial charge in [0.15, 0.2) is 4.75 Å². The van der Waals surface area contributed by atoms with Crippen LogP contribution in [-0.4, -0.2) is 23.2 Å². The van der Waals surface area contributed by atoms with E-state index in [1.165, 1.54) is 36.4 Å². The first kappa shape index (κ1) is 22.0. The van der Waals surface area contributed by atoms with E-state index in [9.17, 15) is 23.2 Å². The van der Waals surface area contributed by atoms with Crippen molar-refractivity contribution < 1.29 is 23.2 Å². The largest absolute Gasteiger partial charge is 0.507 e. The van der Waals surface area contributed by atoms with Gasteiger partial charge in [0, 0.05) is 22.2 Å². The van der Waals surface area contributed by atoms with Gasteiger partial charge in [0.2, 0.25) is 0 Å². The van der Waals surface area contributed by atoms with Crippen molar-refractivity contribution >= 4 is 56.5 Å². The normalized spacial score (nSPS) is 13.8. The Morgan fingerprint density at radius 1 is 0.690 bits per heavy atom. The summed E-state index contributed by atoms with van der Waals surface area (Å²) in [6.07, 6.45) is 0. The maximum Gasteiger partial charge on any atom is 0.283 e. The molecule has 0 aliphatic heterocycles. The van der Waals surface area contributed by atoms with Gasteiger partial charge in [-0.3, -0.25) is 4.55 Å². The Balaban J connectivity index is 2.61. The third-order valence-electron chi connectivity index (χ3n) is 4.41. The van der Waals surface area contributed by atoms with E-state index in [2.05, 4.69) is 0 Å². The van der Waals surface area contributed by atoms with Crippen LogP contribution in [0.2, 0.25) is 20.1 Å². The standard InChI is InChI=1S/C19H12Cl4O5S/c20-13-4-2-1-3-11(13)19(29(26,27)28,10-5-6-14(21)15(22)7-10)12-8-16(23)18(25)9-17(12)24/h1-9,24-25H,(H,26,27,28). The van der Waals surface area contributed by atoms with E-state index in [1.807, 2.05) is 0 Å². The number of aromatic hydroxyl groups is 2. The smallest absolute Gasteiger partial charge is 0.283 e. The monoisotopic (exact) mass is 492 g/mol. The highest BCUT2D eigenvalue weighted by atomic mass is 35.5. The quantitative estimate of drug-likeness (QED) is 0.311. The van der Waals surface area contributed by atoms with Gasteiger partial charge in [-0.2, -0.15) is 8.42 Å². The molecule has 0 heterocycles. The van der Waals surface area contributed by atoms with Crippen molar-refractivity contribution in [3.05, 3.63) is 91.4 Å². The first-order valence-corrected chi connectivity index (χ1v) is 10.8. The van der Waals surface area contributed by atoms with Gasteiger partial charge in [-0.1, -0.05) is 70.7 Å². The summed E-state index contributed by atoms with van der Waals surface area (Å²) in [6.45, 7) is 0. The van der Waals surface area contributed by atoms with Gasteiger partial charge in [0.05, 0.1) is 15.1 Å². The third-order valence-corrected chi connectivity index (χ3v) is 7.23. The minimum Gasteiger partial charge on any atom is -0.507 e. The molecule has 0 aromatic heterocycles. The predicted molar refractivity (Wildman–Crippen MR) is 114 cm³/mol. The highest BCUT2D eigenvalue weighted by molar-refractivity contribution is 7.87. The molecule has 0 fully saturated rings. The van der Waals surface area contributed by atoms with Crippen LogP contribution in [0.5, 0.6) is 11.5 Å². The Labute approximate surface area is 186 Å². The molecule has 0 amide bonds. The zero-order chi connectivity index (χ0) is 21.6. The fraction of sp³-hybridized carbons (Fsp3) is 0.0526. The molecule has 0 aliphatic rings. The molecular formula is C19H12Cl4O5S. The first-order chi connectivity index (χ1) is 13.5. The maximum atomic E-state index is 13.0. The summed E-state index contributed by atoms with van der Waals surface area (Å²) in [5.74, 6) is -1.12. The van der Waals surface area contributed by atoms with Crippen molar-refractivity contribution in [1.82, 2.24) is 0 Å². The number of hydrogen-bond donors (Lipinski definition) is 3. The second-order valence-corrected chi connectivity index (χ2v) is 9.28. The van der Waals surface area contributed by atoms with Crippen LogP contribution < -0.4 is 0 Å².